The van der Waals surface area contributed by atoms with Crippen LogP contribution in [-0.4, -0.2) is 36.4 Å². The number of nitrogens with one attached hydrogen (secondary N) is 3. The Morgan fingerprint density at radius 2 is 2.03 bits per heavy atom. The summed E-state index contributed by atoms with van der Waals surface area (Å²) < 4.78 is 4.87. The molecule has 33 heavy (non-hydrogen) atoms. The molecule has 8 nitrogen and oxygen atoms in total. The largest absolute Gasteiger partial charge is 0.482 e. The number of aliphatic imine (C=N–C) groups is 1. The van der Waals surface area contributed by atoms with Gasteiger partial charge in [0, 0.05) is 23.7 Å². The number of ether oxygens (including phenoxy) is 1. The number of H-pyrrole nitrogens is 1. The molecule has 0 spiro atoms. The Bertz CT molecular complexity index is 1250. The van der Waals surface area contributed by atoms with E-state index in [1.165, 1.54) is 18.9 Å². The van der Waals surface area contributed by atoms with Gasteiger partial charge in [-0.2, -0.15) is 0 Å². The zero-order chi connectivity index (χ0) is 23.2. The van der Waals surface area contributed by atoms with Crippen molar-refractivity contribution in [1.82, 2.24) is 15.3 Å². The van der Waals surface area contributed by atoms with Crippen molar-refractivity contribution in [2.24, 2.45) is 10.7 Å². The van der Waals surface area contributed by atoms with Crippen LogP contribution in [0, 0.1) is 0 Å². The lowest BCUT2D eigenvalue weighted by molar-refractivity contribution is 0.286. The second-order valence-electron chi connectivity index (χ2n) is 7.94. The number of hydrogen-bond acceptors (Lipinski definition) is 7. The van der Waals surface area contributed by atoms with Gasteiger partial charge >= 0.3 is 0 Å². The van der Waals surface area contributed by atoms with Gasteiger partial charge in [0.1, 0.15) is 5.82 Å². The Morgan fingerprint density at radius 3 is 2.76 bits per heavy atom. The van der Waals surface area contributed by atoms with E-state index in [0.717, 1.165) is 37.0 Å². The van der Waals surface area contributed by atoms with Crippen molar-refractivity contribution in [3.63, 3.8) is 0 Å². The fourth-order valence-corrected chi connectivity index (χ4v) is 3.92. The zero-order valence-corrected chi connectivity index (χ0v) is 18.6. The van der Waals surface area contributed by atoms with Crippen LogP contribution in [0.15, 0.2) is 71.0 Å². The molecule has 1 aliphatic rings. The standard InChI is InChI=1S/C25H28N6O2/c1-16(14-28-15-22(26)33-2)21-13-19-9-12-29-25(32)23(19)24(31-21)30-20-5-3-17(4-6-20)18-7-10-27-11-8-18/h3-6,9,12-15,18,27H,1,7-8,10-11,26H2,2H3,(H,29,32)(H,30,31)/b22-15+,28-14?. The Labute approximate surface area is 192 Å². The van der Waals surface area contributed by atoms with Crippen LogP contribution in [0.1, 0.15) is 30.0 Å². The van der Waals surface area contributed by atoms with Crippen molar-refractivity contribution in [1.29, 1.82) is 0 Å². The van der Waals surface area contributed by atoms with Crippen molar-refractivity contribution >= 4 is 34.1 Å². The molecule has 0 radical (unpaired) electrons. The van der Waals surface area contributed by atoms with E-state index in [1.54, 1.807) is 12.4 Å². The smallest absolute Gasteiger partial charge is 0.259 e. The van der Waals surface area contributed by atoms with Gasteiger partial charge in [0.05, 0.1) is 24.4 Å². The van der Waals surface area contributed by atoms with E-state index >= 15 is 0 Å². The molecule has 1 saturated heterocycles. The molecule has 4 rings (SSSR count). The number of methoxy groups -OCH3 is 1. The van der Waals surface area contributed by atoms with Crippen LogP contribution in [0.2, 0.25) is 0 Å². The monoisotopic (exact) mass is 444 g/mol. The number of fused-ring (bicyclic) bond motifs is 1. The molecule has 3 aromatic rings. The second kappa shape index (κ2) is 10.1. The molecular formula is C25H28N6O2. The van der Waals surface area contributed by atoms with Crippen LogP contribution in [0.3, 0.4) is 0 Å². The Kier molecular flexibility index (Phi) is 6.85. The highest BCUT2D eigenvalue weighted by Crippen LogP contribution is 2.28. The van der Waals surface area contributed by atoms with Crippen molar-refractivity contribution in [2.75, 3.05) is 25.5 Å². The maximum atomic E-state index is 12.6. The van der Waals surface area contributed by atoms with E-state index in [1.807, 2.05) is 24.3 Å². The van der Waals surface area contributed by atoms with Crippen LogP contribution < -0.4 is 21.9 Å². The summed E-state index contributed by atoms with van der Waals surface area (Å²) in [4.78, 5) is 24.1. The number of aromatic amines is 1. The number of nitrogens with two attached hydrogens (primary N) is 1. The molecule has 0 atom stereocenters. The molecule has 0 unspecified atom stereocenters. The van der Waals surface area contributed by atoms with Crippen LogP contribution in [0.4, 0.5) is 11.5 Å². The first kappa shape index (κ1) is 22.3. The van der Waals surface area contributed by atoms with Gasteiger partial charge in [0.25, 0.3) is 5.56 Å². The summed E-state index contributed by atoms with van der Waals surface area (Å²) in [6.45, 7) is 6.15. The van der Waals surface area contributed by atoms with Gasteiger partial charge in [-0.1, -0.05) is 18.7 Å². The molecule has 8 heteroatoms. The third-order valence-corrected chi connectivity index (χ3v) is 5.74. The van der Waals surface area contributed by atoms with Crippen LogP contribution >= 0.6 is 0 Å². The number of allylic oxidation sites excluding steroid dienone is 1. The highest BCUT2D eigenvalue weighted by molar-refractivity contribution is 6.10. The minimum absolute atomic E-state index is 0.187. The molecule has 5 N–H and O–H groups in total. The van der Waals surface area contributed by atoms with Crippen LogP contribution in [0.25, 0.3) is 16.3 Å². The van der Waals surface area contributed by atoms with Crippen molar-refractivity contribution in [2.45, 2.75) is 18.8 Å². The molecule has 0 saturated carbocycles. The van der Waals surface area contributed by atoms with Gasteiger partial charge in [0.2, 0.25) is 5.88 Å². The lowest BCUT2D eigenvalue weighted by Gasteiger charge is -2.23. The minimum Gasteiger partial charge on any atom is -0.482 e. The van der Waals surface area contributed by atoms with Gasteiger partial charge < -0.3 is 26.1 Å². The fourth-order valence-electron chi connectivity index (χ4n) is 3.92. The molecule has 1 aliphatic heterocycles. The molecule has 170 valence electrons. The number of benzene rings is 1. The molecule has 1 fully saturated rings. The molecule has 0 amide bonds. The van der Waals surface area contributed by atoms with Gasteiger partial charge in [-0.05, 0) is 67.1 Å². The molecule has 1 aromatic carbocycles. The number of piperidine rings is 1. The first-order valence-corrected chi connectivity index (χ1v) is 10.9. The summed E-state index contributed by atoms with van der Waals surface area (Å²) in [5.74, 6) is 1.22. The van der Waals surface area contributed by atoms with E-state index < -0.39 is 0 Å². The highest BCUT2D eigenvalue weighted by Gasteiger charge is 2.15. The van der Waals surface area contributed by atoms with E-state index in [4.69, 9.17) is 10.5 Å². The Morgan fingerprint density at radius 1 is 1.27 bits per heavy atom. The number of pyridine rings is 2. The number of rotatable bonds is 7. The van der Waals surface area contributed by atoms with E-state index in [9.17, 15) is 4.79 Å². The van der Waals surface area contributed by atoms with Gasteiger partial charge in [-0.25, -0.2) is 4.98 Å². The van der Waals surface area contributed by atoms with Crippen molar-refractivity contribution in [3.8, 4) is 0 Å². The summed E-state index contributed by atoms with van der Waals surface area (Å²) in [5, 5.41) is 7.95. The van der Waals surface area contributed by atoms with E-state index in [2.05, 4.69) is 44.3 Å². The first-order chi connectivity index (χ1) is 16.0. The SMILES string of the molecule is C=C(C=N/C=C(\N)OC)c1cc2cc[nH]c(=O)c2c(Nc2ccc(C3CCNCC3)cc2)n1. The molecule has 3 heterocycles. The van der Waals surface area contributed by atoms with Crippen molar-refractivity contribution in [3.05, 3.63) is 82.9 Å². The average molecular weight is 445 g/mol. The molecule has 0 aliphatic carbocycles. The topological polar surface area (TPSA) is 117 Å². The molecular weight excluding hydrogens is 416 g/mol. The maximum absolute atomic E-state index is 12.6. The summed E-state index contributed by atoms with van der Waals surface area (Å²) in [5.41, 5.74) is 8.73. The van der Waals surface area contributed by atoms with E-state index in [0.29, 0.717) is 28.4 Å². The number of nitrogens with zero attached hydrogens (tertiary/aromatic N) is 2. The maximum Gasteiger partial charge on any atom is 0.259 e. The normalized spacial score (nSPS) is 15.1. The van der Waals surface area contributed by atoms with Crippen LogP contribution in [-0.2, 0) is 4.74 Å². The van der Waals surface area contributed by atoms with E-state index in [-0.39, 0.29) is 11.4 Å². The van der Waals surface area contributed by atoms with Gasteiger partial charge in [-0.3, -0.25) is 9.79 Å². The minimum atomic E-state index is -0.213. The summed E-state index contributed by atoms with van der Waals surface area (Å²) in [6, 6.07) is 12.0. The lowest BCUT2D eigenvalue weighted by Crippen LogP contribution is -2.26. The fraction of sp³-hybridized carbons (Fsp3) is 0.240. The summed E-state index contributed by atoms with van der Waals surface area (Å²) in [7, 11) is 1.47. The molecule has 0 bridgehead atoms. The van der Waals surface area contributed by atoms with Gasteiger partial charge in [-0.15, -0.1) is 0 Å². The number of aromatic nitrogens is 2. The zero-order valence-electron chi connectivity index (χ0n) is 18.6. The number of hydrogen-bond donors (Lipinski definition) is 4. The number of anilines is 2. The quantitative estimate of drug-likeness (QED) is 0.327. The summed E-state index contributed by atoms with van der Waals surface area (Å²) >= 11 is 0. The average Bonchev–Trinajstić information content (AvgIpc) is 2.84. The van der Waals surface area contributed by atoms with Gasteiger partial charge in [0.15, 0.2) is 0 Å². The third kappa shape index (κ3) is 5.30. The summed E-state index contributed by atoms with van der Waals surface area (Å²) in [6.07, 6.45) is 6.84. The third-order valence-electron chi connectivity index (χ3n) is 5.74. The lowest BCUT2D eigenvalue weighted by atomic mass is 9.90. The molecule has 2 aromatic heterocycles. The van der Waals surface area contributed by atoms with Crippen molar-refractivity contribution < 1.29 is 4.74 Å². The first-order valence-electron chi connectivity index (χ1n) is 10.9. The second-order valence-corrected chi connectivity index (χ2v) is 7.94. The predicted octanol–water partition coefficient (Wildman–Crippen LogP) is 3.62. The Balaban J connectivity index is 1.64. The predicted molar refractivity (Wildman–Crippen MR) is 134 cm³/mol. The van der Waals surface area contributed by atoms with Crippen LogP contribution in [0.5, 0.6) is 0 Å². The Hall–Kier alpha value is -3.91. The highest BCUT2D eigenvalue weighted by atomic mass is 16.5.